The minimum Gasteiger partial charge on any atom is -0.350 e. The van der Waals surface area contributed by atoms with Gasteiger partial charge in [0.05, 0.1) is 12.1 Å². The normalized spacial score (nSPS) is 21.2. The van der Waals surface area contributed by atoms with E-state index in [1.165, 1.54) is 0 Å². The Kier molecular flexibility index (Phi) is 5.82. The summed E-state index contributed by atoms with van der Waals surface area (Å²) in [5.74, 6) is -0.565. The molecule has 3 N–H and O–H groups in total. The Hall–Kier alpha value is -2.09. The number of halogens is 3. The largest absolute Gasteiger partial charge is 0.416 e. The van der Waals surface area contributed by atoms with Crippen LogP contribution < -0.4 is 16.0 Å². The molecular formula is C16H20F3N3O2. The minimum absolute atomic E-state index is 0.00854. The predicted octanol–water partition coefficient (Wildman–Crippen LogP) is 1.55. The highest BCUT2D eigenvalue weighted by molar-refractivity contribution is 5.96. The van der Waals surface area contributed by atoms with Gasteiger partial charge in [0.2, 0.25) is 5.91 Å². The quantitative estimate of drug-likeness (QED) is 0.777. The summed E-state index contributed by atoms with van der Waals surface area (Å²) < 4.78 is 37.4. The maximum atomic E-state index is 12.5. The van der Waals surface area contributed by atoms with E-state index in [9.17, 15) is 22.8 Å². The van der Waals surface area contributed by atoms with Crippen LogP contribution in [0.25, 0.3) is 0 Å². The number of nitrogens with one attached hydrogen (secondary N) is 3. The highest BCUT2D eigenvalue weighted by atomic mass is 19.4. The molecule has 1 aromatic carbocycles. The Morgan fingerprint density at radius 1 is 1.25 bits per heavy atom. The van der Waals surface area contributed by atoms with Gasteiger partial charge in [0, 0.05) is 18.2 Å². The lowest BCUT2D eigenvalue weighted by Crippen LogP contribution is -2.52. The zero-order valence-electron chi connectivity index (χ0n) is 13.2. The standard InChI is InChI=1S/C16H20F3N3O2/c1-10-6-7-20-8-13(10)22-14(23)9-21-15(24)11-2-4-12(5-3-11)16(17,18)19/h2-5,10,13,20H,6-9H2,1H3,(H,21,24)(H,22,23). The van der Waals surface area contributed by atoms with Crippen molar-refractivity contribution in [2.75, 3.05) is 19.6 Å². The first-order valence-electron chi connectivity index (χ1n) is 7.73. The number of alkyl halides is 3. The molecule has 1 saturated heterocycles. The molecule has 132 valence electrons. The fraction of sp³-hybridized carbons (Fsp3) is 0.500. The van der Waals surface area contributed by atoms with E-state index in [1.807, 2.05) is 6.92 Å². The molecule has 0 spiro atoms. The highest BCUT2D eigenvalue weighted by Gasteiger charge is 2.30. The van der Waals surface area contributed by atoms with E-state index in [-0.39, 0.29) is 24.1 Å². The van der Waals surface area contributed by atoms with Crippen LogP contribution in [0.1, 0.15) is 29.3 Å². The Bertz CT molecular complexity index is 587. The fourth-order valence-corrected chi connectivity index (χ4v) is 2.51. The molecule has 2 amide bonds. The summed E-state index contributed by atoms with van der Waals surface area (Å²) in [6.07, 6.45) is -3.48. The molecule has 2 rings (SSSR count). The third kappa shape index (κ3) is 4.95. The summed E-state index contributed by atoms with van der Waals surface area (Å²) in [6.45, 7) is 3.42. The zero-order chi connectivity index (χ0) is 17.7. The average molecular weight is 343 g/mol. The lowest BCUT2D eigenvalue weighted by Gasteiger charge is -2.30. The summed E-state index contributed by atoms with van der Waals surface area (Å²) in [6, 6.07) is 3.86. The van der Waals surface area contributed by atoms with E-state index < -0.39 is 17.6 Å². The van der Waals surface area contributed by atoms with Crippen molar-refractivity contribution >= 4 is 11.8 Å². The first-order chi connectivity index (χ1) is 11.3. The molecule has 0 radical (unpaired) electrons. The average Bonchev–Trinajstić information content (AvgIpc) is 2.54. The fourth-order valence-electron chi connectivity index (χ4n) is 2.51. The zero-order valence-corrected chi connectivity index (χ0v) is 13.2. The third-order valence-electron chi connectivity index (χ3n) is 4.06. The predicted molar refractivity (Wildman–Crippen MR) is 82.4 cm³/mol. The molecule has 1 aliphatic rings. The lowest BCUT2D eigenvalue weighted by molar-refractivity contribution is -0.137. The summed E-state index contributed by atoms with van der Waals surface area (Å²) in [7, 11) is 0. The van der Waals surface area contributed by atoms with Crippen molar-refractivity contribution in [1.82, 2.24) is 16.0 Å². The second-order valence-corrected chi connectivity index (χ2v) is 5.90. The van der Waals surface area contributed by atoms with Gasteiger partial charge < -0.3 is 16.0 Å². The Labute approximate surface area is 138 Å². The molecule has 0 bridgehead atoms. The van der Waals surface area contributed by atoms with E-state index in [2.05, 4.69) is 16.0 Å². The Morgan fingerprint density at radius 3 is 2.50 bits per heavy atom. The first-order valence-corrected chi connectivity index (χ1v) is 7.73. The van der Waals surface area contributed by atoms with Gasteiger partial charge in [-0.1, -0.05) is 6.92 Å². The molecule has 2 atom stereocenters. The molecule has 1 heterocycles. The van der Waals surface area contributed by atoms with Crippen molar-refractivity contribution < 1.29 is 22.8 Å². The van der Waals surface area contributed by atoms with Crippen LogP contribution in [0.15, 0.2) is 24.3 Å². The van der Waals surface area contributed by atoms with Crippen LogP contribution >= 0.6 is 0 Å². The van der Waals surface area contributed by atoms with E-state index >= 15 is 0 Å². The van der Waals surface area contributed by atoms with Crippen LogP contribution in [-0.2, 0) is 11.0 Å². The summed E-state index contributed by atoms with van der Waals surface area (Å²) in [4.78, 5) is 23.8. The Balaban J connectivity index is 1.83. The molecule has 2 unspecified atom stereocenters. The summed E-state index contributed by atoms with van der Waals surface area (Å²) in [5, 5.41) is 8.43. The lowest BCUT2D eigenvalue weighted by atomic mass is 9.95. The number of benzene rings is 1. The van der Waals surface area contributed by atoms with Crippen LogP contribution in [-0.4, -0.2) is 37.5 Å². The summed E-state index contributed by atoms with van der Waals surface area (Å²) in [5.41, 5.74) is -0.751. The molecule has 0 aliphatic carbocycles. The Morgan fingerprint density at radius 2 is 1.92 bits per heavy atom. The van der Waals surface area contributed by atoms with Crippen LogP contribution in [0.2, 0.25) is 0 Å². The molecule has 8 heteroatoms. The highest BCUT2D eigenvalue weighted by Crippen LogP contribution is 2.29. The van der Waals surface area contributed by atoms with Crippen molar-refractivity contribution in [3.63, 3.8) is 0 Å². The minimum atomic E-state index is -4.44. The van der Waals surface area contributed by atoms with Gasteiger partial charge in [0.15, 0.2) is 0 Å². The van der Waals surface area contributed by atoms with Gasteiger partial charge in [-0.25, -0.2) is 0 Å². The number of carbonyl (C=O) groups excluding carboxylic acids is 2. The maximum absolute atomic E-state index is 12.5. The van der Waals surface area contributed by atoms with Gasteiger partial charge in [0.1, 0.15) is 0 Å². The molecule has 5 nitrogen and oxygen atoms in total. The number of hydrogen-bond donors (Lipinski definition) is 3. The molecule has 1 aliphatic heterocycles. The van der Waals surface area contributed by atoms with Gasteiger partial charge in [-0.15, -0.1) is 0 Å². The molecule has 24 heavy (non-hydrogen) atoms. The molecule has 0 aromatic heterocycles. The second kappa shape index (κ2) is 7.65. The molecule has 0 saturated carbocycles. The van der Waals surface area contributed by atoms with E-state index in [0.717, 1.165) is 37.2 Å². The first kappa shape index (κ1) is 18.3. The van der Waals surface area contributed by atoms with Gasteiger partial charge >= 0.3 is 6.18 Å². The smallest absolute Gasteiger partial charge is 0.350 e. The van der Waals surface area contributed by atoms with Crippen LogP contribution in [0.3, 0.4) is 0 Å². The van der Waals surface area contributed by atoms with Crippen molar-refractivity contribution in [3.05, 3.63) is 35.4 Å². The number of carbonyl (C=O) groups is 2. The maximum Gasteiger partial charge on any atom is 0.416 e. The second-order valence-electron chi connectivity index (χ2n) is 5.90. The number of amides is 2. The van der Waals surface area contributed by atoms with Gasteiger partial charge in [-0.2, -0.15) is 13.2 Å². The molecule has 1 fully saturated rings. The number of hydrogen-bond acceptors (Lipinski definition) is 3. The van der Waals surface area contributed by atoms with E-state index in [0.29, 0.717) is 12.5 Å². The van der Waals surface area contributed by atoms with Gasteiger partial charge in [-0.05, 0) is 43.1 Å². The monoisotopic (exact) mass is 343 g/mol. The SMILES string of the molecule is CC1CCNCC1NC(=O)CNC(=O)c1ccc(C(F)(F)F)cc1. The van der Waals surface area contributed by atoms with Crippen molar-refractivity contribution in [2.24, 2.45) is 5.92 Å². The molecular weight excluding hydrogens is 323 g/mol. The van der Waals surface area contributed by atoms with Crippen molar-refractivity contribution in [3.8, 4) is 0 Å². The summed E-state index contributed by atoms with van der Waals surface area (Å²) >= 11 is 0. The van der Waals surface area contributed by atoms with E-state index in [1.54, 1.807) is 0 Å². The van der Waals surface area contributed by atoms with Crippen LogP contribution in [0.4, 0.5) is 13.2 Å². The van der Waals surface area contributed by atoms with Crippen molar-refractivity contribution in [2.45, 2.75) is 25.6 Å². The van der Waals surface area contributed by atoms with Crippen LogP contribution in [0.5, 0.6) is 0 Å². The van der Waals surface area contributed by atoms with Gasteiger partial charge in [-0.3, -0.25) is 9.59 Å². The number of rotatable bonds is 4. The van der Waals surface area contributed by atoms with Gasteiger partial charge in [0.25, 0.3) is 5.91 Å². The topological polar surface area (TPSA) is 70.2 Å². The number of piperidine rings is 1. The van der Waals surface area contributed by atoms with Crippen LogP contribution in [0, 0.1) is 5.92 Å². The van der Waals surface area contributed by atoms with E-state index in [4.69, 9.17) is 0 Å². The third-order valence-corrected chi connectivity index (χ3v) is 4.06. The van der Waals surface area contributed by atoms with Crippen molar-refractivity contribution in [1.29, 1.82) is 0 Å². The molecule has 1 aromatic rings.